The van der Waals surface area contributed by atoms with E-state index in [0.717, 1.165) is 11.4 Å². The first-order valence-electron chi connectivity index (χ1n) is 6.25. The van der Waals surface area contributed by atoms with Gasteiger partial charge in [0.05, 0.1) is 28.9 Å². The number of aliphatic hydroxyl groups excluding tert-OH is 1. The van der Waals surface area contributed by atoms with Crippen LogP contribution in [0.25, 0.3) is 0 Å². The molecular weight excluding hydrogens is 274 g/mol. The Kier molecular flexibility index (Phi) is 4.93. The van der Waals surface area contributed by atoms with Crippen LogP contribution in [0.2, 0.25) is 0 Å². The lowest BCUT2D eigenvalue weighted by Gasteiger charge is -1.98. The molecule has 0 unspecified atom stereocenters. The minimum atomic E-state index is -0.174. The van der Waals surface area contributed by atoms with Gasteiger partial charge in [0.1, 0.15) is 0 Å². The molecule has 0 saturated heterocycles. The van der Waals surface area contributed by atoms with Crippen LogP contribution in [0, 0.1) is 11.8 Å². The Labute approximate surface area is 121 Å². The molecule has 6 heteroatoms. The van der Waals surface area contributed by atoms with Crippen LogP contribution in [0.4, 0.5) is 5.69 Å². The van der Waals surface area contributed by atoms with Gasteiger partial charge < -0.3 is 10.4 Å². The van der Waals surface area contributed by atoms with E-state index >= 15 is 0 Å². The second-order valence-electron chi connectivity index (χ2n) is 4.01. The molecule has 0 bridgehead atoms. The topological polar surface area (TPSA) is 67.2 Å². The summed E-state index contributed by atoms with van der Waals surface area (Å²) in [5.74, 6) is 5.57. The van der Waals surface area contributed by atoms with Crippen molar-refractivity contribution in [3.05, 3.63) is 34.3 Å². The number of aromatic nitrogens is 2. The maximum atomic E-state index is 12.0. The smallest absolute Gasteiger partial charge is 0.256 e. The summed E-state index contributed by atoms with van der Waals surface area (Å²) in [6, 6.07) is 1.74. The SMILES string of the molecule is CCn1cc(NC(=O)c2csc(C#CCCO)c2)cn1. The Morgan fingerprint density at radius 3 is 3.15 bits per heavy atom. The molecule has 0 saturated carbocycles. The van der Waals surface area contributed by atoms with Crippen LogP contribution in [0.15, 0.2) is 23.8 Å². The molecule has 0 aliphatic rings. The van der Waals surface area contributed by atoms with Crippen LogP contribution < -0.4 is 5.32 Å². The zero-order valence-corrected chi connectivity index (χ0v) is 11.9. The summed E-state index contributed by atoms with van der Waals surface area (Å²) in [5.41, 5.74) is 1.25. The molecule has 0 aliphatic heterocycles. The predicted molar refractivity (Wildman–Crippen MR) is 78.8 cm³/mol. The highest BCUT2D eigenvalue weighted by Crippen LogP contribution is 2.15. The third-order valence-electron chi connectivity index (χ3n) is 2.53. The Morgan fingerprint density at radius 1 is 1.60 bits per heavy atom. The second-order valence-corrected chi connectivity index (χ2v) is 4.93. The van der Waals surface area contributed by atoms with Crippen LogP contribution in [0.3, 0.4) is 0 Å². The molecule has 0 aromatic carbocycles. The zero-order chi connectivity index (χ0) is 14.4. The average molecular weight is 289 g/mol. The number of amides is 1. The van der Waals surface area contributed by atoms with E-state index in [0.29, 0.717) is 17.7 Å². The van der Waals surface area contributed by atoms with E-state index in [2.05, 4.69) is 22.3 Å². The summed E-state index contributed by atoms with van der Waals surface area (Å²) >= 11 is 1.41. The molecule has 104 valence electrons. The number of carbonyl (C=O) groups excluding carboxylic acids is 1. The van der Waals surface area contributed by atoms with Gasteiger partial charge in [0.15, 0.2) is 0 Å². The van der Waals surface area contributed by atoms with E-state index in [-0.39, 0.29) is 12.5 Å². The van der Waals surface area contributed by atoms with Crippen LogP contribution in [-0.4, -0.2) is 27.4 Å². The Morgan fingerprint density at radius 2 is 2.45 bits per heavy atom. The summed E-state index contributed by atoms with van der Waals surface area (Å²) < 4.78 is 1.75. The number of hydrogen-bond acceptors (Lipinski definition) is 4. The lowest BCUT2D eigenvalue weighted by atomic mass is 10.3. The van der Waals surface area contributed by atoms with Gasteiger partial charge >= 0.3 is 0 Å². The number of anilines is 1. The molecule has 0 radical (unpaired) electrons. The van der Waals surface area contributed by atoms with E-state index in [1.54, 1.807) is 28.5 Å². The maximum absolute atomic E-state index is 12.0. The maximum Gasteiger partial charge on any atom is 0.256 e. The Balaban J connectivity index is 2.01. The first-order chi connectivity index (χ1) is 9.72. The Bertz CT molecular complexity index is 649. The standard InChI is InChI=1S/C14H15N3O2S/c1-2-17-9-12(8-15-17)16-14(19)11-7-13(20-10-11)5-3-4-6-18/h7-10,18H,2,4,6H2,1H3,(H,16,19). The van der Waals surface area contributed by atoms with Gasteiger partial charge in [-0.3, -0.25) is 9.48 Å². The first kappa shape index (κ1) is 14.3. The van der Waals surface area contributed by atoms with Crippen molar-refractivity contribution >= 4 is 22.9 Å². The van der Waals surface area contributed by atoms with Gasteiger partial charge in [-0.2, -0.15) is 5.10 Å². The van der Waals surface area contributed by atoms with Crippen molar-refractivity contribution in [3.8, 4) is 11.8 Å². The largest absolute Gasteiger partial charge is 0.395 e. The molecule has 0 fully saturated rings. The minimum absolute atomic E-state index is 0.0487. The van der Waals surface area contributed by atoms with Gasteiger partial charge in [0.25, 0.3) is 5.91 Å². The second kappa shape index (κ2) is 6.89. The molecule has 2 rings (SSSR count). The number of thiophene rings is 1. The summed E-state index contributed by atoms with van der Waals surface area (Å²) in [6.07, 6.45) is 3.84. The van der Waals surface area contributed by atoms with Gasteiger partial charge in [0, 0.05) is 24.5 Å². The molecule has 20 heavy (non-hydrogen) atoms. The van der Waals surface area contributed by atoms with Crippen molar-refractivity contribution < 1.29 is 9.90 Å². The quantitative estimate of drug-likeness (QED) is 0.845. The van der Waals surface area contributed by atoms with E-state index in [9.17, 15) is 4.79 Å². The molecule has 0 atom stereocenters. The fourth-order valence-electron chi connectivity index (χ4n) is 1.53. The van der Waals surface area contributed by atoms with Crippen LogP contribution >= 0.6 is 11.3 Å². The number of aryl methyl sites for hydroxylation is 1. The fraction of sp³-hybridized carbons (Fsp3) is 0.286. The van der Waals surface area contributed by atoms with Crippen molar-refractivity contribution in [2.24, 2.45) is 0 Å². The van der Waals surface area contributed by atoms with E-state index in [1.807, 2.05) is 6.92 Å². The van der Waals surface area contributed by atoms with E-state index in [1.165, 1.54) is 11.3 Å². The van der Waals surface area contributed by atoms with E-state index < -0.39 is 0 Å². The van der Waals surface area contributed by atoms with Crippen molar-refractivity contribution in [3.63, 3.8) is 0 Å². The lowest BCUT2D eigenvalue weighted by molar-refractivity contribution is 0.102. The number of nitrogens with one attached hydrogen (secondary N) is 1. The highest BCUT2D eigenvalue weighted by molar-refractivity contribution is 7.10. The van der Waals surface area contributed by atoms with Crippen molar-refractivity contribution in [2.45, 2.75) is 19.9 Å². The van der Waals surface area contributed by atoms with Crippen molar-refractivity contribution in [1.82, 2.24) is 9.78 Å². The van der Waals surface area contributed by atoms with Crippen LogP contribution in [0.5, 0.6) is 0 Å². The normalized spacial score (nSPS) is 9.90. The number of nitrogens with zero attached hydrogens (tertiary/aromatic N) is 2. The fourth-order valence-corrected chi connectivity index (χ4v) is 2.29. The van der Waals surface area contributed by atoms with Crippen LogP contribution in [0.1, 0.15) is 28.6 Å². The molecule has 2 aromatic rings. The van der Waals surface area contributed by atoms with Crippen molar-refractivity contribution in [1.29, 1.82) is 0 Å². The molecule has 2 N–H and O–H groups in total. The molecule has 2 heterocycles. The third kappa shape index (κ3) is 3.70. The highest BCUT2D eigenvalue weighted by atomic mass is 32.1. The van der Waals surface area contributed by atoms with Crippen LogP contribution in [-0.2, 0) is 6.54 Å². The Hall–Kier alpha value is -2.10. The summed E-state index contributed by atoms with van der Waals surface area (Å²) in [7, 11) is 0. The minimum Gasteiger partial charge on any atom is -0.395 e. The number of rotatable bonds is 4. The molecule has 5 nitrogen and oxygen atoms in total. The first-order valence-corrected chi connectivity index (χ1v) is 7.13. The van der Waals surface area contributed by atoms with Gasteiger partial charge in [0.2, 0.25) is 0 Å². The van der Waals surface area contributed by atoms with Gasteiger partial charge in [-0.25, -0.2) is 0 Å². The van der Waals surface area contributed by atoms with Gasteiger partial charge in [-0.05, 0) is 13.0 Å². The van der Waals surface area contributed by atoms with Gasteiger partial charge in [-0.1, -0.05) is 11.8 Å². The molecule has 0 aliphatic carbocycles. The monoisotopic (exact) mass is 289 g/mol. The predicted octanol–water partition coefficient (Wildman–Crippen LogP) is 1.95. The lowest BCUT2D eigenvalue weighted by Crippen LogP contribution is -2.10. The van der Waals surface area contributed by atoms with Gasteiger partial charge in [-0.15, -0.1) is 11.3 Å². The summed E-state index contributed by atoms with van der Waals surface area (Å²) in [5, 5.41) is 17.3. The average Bonchev–Trinajstić information content (AvgIpc) is 3.08. The van der Waals surface area contributed by atoms with E-state index in [4.69, 9.17) is 5.11 Å². The number of carbonyl (C=O) groups is 1. The van der Waals surface area contributed by atoms with Crippen molar-refractivity contribution in [2.75, 3.05) is 11.9 Å². The third-order valence-corrected chi connectivity index (χ3v) is 3.37. The molecule has 0 spiro atoms. The number of aliphatic hydroxyl groups is 1. The zero-order valence-electron chi connectivity index (χ0n) is 11.1. The molecule has 1 amide bonds. The molecular formula is C14H15N3O2S. The summed E-state index contributed by atoms with van der Waals surface area (Å²) in [4.78, 5) is 12.8. The number of hydrogen-bond donors (Lipinski definition) is 2. The molecule has 2 aromatic heterocycles. The summed E-state index contributed by atoms with van der Waals surface area (Å²) in [6.45, 7) is 2.79. The highest BCUT2D eigenvalue weighted by Gasteiger charge is 2.09.